The van der Waals surface area contributed by atoms with E-state index < -0.39 is 0 Å². The zero-order valence-corrected chi connectivity index (χ0v) is 16.3. The summed E-state index contributed by atoms with van der Waals surface area (Å²) in [6.45, 7) is 0. The summed E-state index contributed by atoms with van der Waals surface area (Å²) in [6, 6.07) is 16.7. The first kappa shape index (κ1) is 17.4. The number of carbonyl (C=O) groups excluding carboxylic acids is 1. The zero-order valence-electron chi connectivity index (χ0n) is 14.7. The smallest absolute Gasteiger partial charge is 0.257 e. The molecule has 0 saturated carbocycles. The molecule has 0 unspecified atom stereocenters. The molecule has 0 atom stereocenters. The van der Waals surface area contributed by atoms with Crippen LogP contribution in [0, 0.1) is 0 Å². The van der Waals surface area contributed by atoms with Gasteiger partial charge in [-0.2, -0.15) is 0 Å². The fraction of sp³-hybridized carbons (Fsp3) is 0.0952. The Morgan fingerprint density at radius 2 is 1.78 bits per heavy atom. The molecule has 0 bridgehead atoms. The maximum absolute atomic E-state index is 12.8. The number of anilines is 1. The second-order valence-corrected chi connectivity index (χ2v) is 6.80. The van der Waals surface area contributed by atoms with E-state index in [-0.39, 0.29) is 5.91 Å². The number of carbonyl (C=O) groups is 1. The highest BCUT2D eigenvalue weighted by Gasteiger charge is 2.17. The van der Waals surface area contributed by atoms with Crippen molar-refractivity contribution in [3.8, 4) is 11.5 Å². The number of nitrogens with one attached hydrogen (secondary N) is 1. The van der Waals surface area contributed by atoms with Gasteiger partial charge in [-0.05, 0) is 46.3 Å². The summed E-state index contributed by atoms with van der Waals surface area (Å²) >= 11 is 3.41. The number of furan rings is 1. The van der Waals surface area contributed by atoms with Crippen LogP contribution >= 0.6 is 15.9 Å². The Kier molecular flexibility index (Phi) is 4.49. The Hall–Kier alpha value is -2.99. The van der Waals surface area contributed by atoms with Gasteiger partial charge in [0.05, 0.1) is 25.5 Å². The van der Waals surface area contributed by atoms with Crippen LogP contribution in [0.15, 0.2) is 63.5 Å². The summed E-state index contributed by atoms with van der Waals surface area (Å²) in [5.41, 5.74) is 2.45. The molecule has 0 aliphatic carbocycles. The maximum atomic E-state index is 12.8. The molecule has 5 nitrogen and oxygen atoms in total. The monoisotopic (exact) mass is 425 g/mol. The minimum atomic E-state index is -0.283. The van der Waals surface area contributed by atoms with Crippen molar-refractivity contribution >= 4 is 49.5 Å². The normalized spacial score (nSPS) is 10.9. The van der Waals surface area contributed by atoms with Crippen LogP contribution in [0.5, 0.6) is 11.5 Å². The zero-order chi connectivity index (χ0) is 19.0. The summed E-state index contributed by atoms with van der Waals surface area (Å²) < 4.78 is 17.3. The average molecular weight is 426 g/mol. The molecule has 1 N–H and O–H groups in total. The standard InChI is InChI=1S/C21H16BrNO4/c1-25-12-7-8-16(22)15(9-12)21(24)23-17-11-19-14(10-20(17)26-2)13-5-3-4-6-18(13)27-19/h3-11H,1-2H3,(H,23,24). The molecule has 4 rings (SSSR count). The van der Waals surface area contributed by atoms with E-state index in [1.165, 1.54) is 0 Å². The number of hydrogen-bond acceptors (Lipinski definition) is 4. The van der Waals surface area contributed by atoms with Gasteiger partial charge in [0, 0.05) is 21.3 Å². The van der Waals surface area contributed by atoms with E-state index >= 15 is 0 Å². The molecule has 1 aromatic heterocycles. The van der Waals surface area contributed by atoms with Crippen LogP contribution in [-0.4, -0.2) is 20.1 Å². The fourth-order valence-electron chi connectivity index (χ4n) is 3.01. The van der Waals surface area contributed by atoms with E-state index in [9.17, 15) is 4.79 Å². The van der Waals surface area contributed by atoms with Crippen molar-refractivity contribution in [2.45, 2.75) is 0 Å². The summed E-state index contributed by atoms with van der Waals surface area (Å²) in [4.78, 5) is 12.8. The second kappa shape index (κ2) is 6.96. The van der Waals surface area contributed by atoms with Gasteiger partial charge in [0.15, 0.2) is 0 Å². The molecule has 1 amide bonds. The van der Waals surface area contributed by atoms with Crippen LogP contribution in [-0.2, 0) is 0 Å². The van der Waals surface area contributed by atoms with Gasteiger partial charge >= 0.3 is 0 Å². The van der Waals surface area contributed by atoms with Crippen molar-refractivity contribution in [2.24, 2.45) is 0 Å². The Bertz CT molecular complexity index is 1170. The van der Waals surface area contributed by atoms with Crippen molar-refractivity contribution < 1.29 is 18.7 Å². The molecule has 0 fully saturated rings. The van der Waals surface area contributed by atoms with Gasteiger partial charge in [-0.25, -0.2) is 0 Å². The van der Waals surface area contributed by atoms with Crippen molar-refractivity contribution in [1.82, 2.24) is 0 Å². The van der Waals surface area contributed by atoms with Crippen LogP contribution in [0.1, 0.15) is 10.4 Å². The van der Waals surface area contributed by atoms with E-state index in [4.69, 9.17) is 13.9 Å². The molecule has 0 spiro atoms. The first-order valence-electron chi connectivity index (χ1n) is 8.25. The lowest BCUT2D eigenvalue weighted by Gasteiger charge is -2.12. The number of para-hydroxylation sites is 1. The van der Waals surface area contributed by atoms with Gasteiger partial charge in [-0.15, -0.1) is 0 Å². The lowest BCUT2D eigenvalue weighted by atomic mass is 10.1. The molecular weight excluding hydrogens is 410 g/mol. The Morgan fingerprint density at radius 1 is 0.963 bits per heavy atom. The highest BCUT2D eigenvalue weighted by Crippen LogP contribution is 2.36. The first-order valence-corrected chi connectivity index (χ1v) is 9.04. The highest BCUT2D eigenvalue weighted by atomic mass is 79.9. The minimum absolute atomic E-state index is 0.283. The lowest BCUT2D eigenvalue weighted by molar-refractivity contribution is 0.102. The van der Waals surface area contributed by atoms with E-state index in [1.54, 1.807) is 38.5 Å². The molecule has 6 heteroatoms. The highest BCUT2D eigenvalue weighted by molar-refractivity contribution is 9.10. The van der Waals surface area contributed by atoms with Gasteiger partial charge in [-0.3, -0.25) is 4.79 Å². The first-order chi connectivity index (χ1) is 13.1. The number of hydrogen-bond donors (Lipinski definition) is 1. The number of rotatable bonds is 4. The van der Waals surface area contributed by atoms with Crippen molar-refractivity contribution in [2.75, 3.05) is 19.5 Å². The number of ether oxygens (including phenoxy) is 2. The largest absolute Gasteiger partial charge is 0.497 e. The molecule has 0 aliphatic rings. The van der Waals surface area contributed by atoms with Gasteiger partial charge < -0.3 is 19.2 Å². The van der Waals surface area contributed by atoms with Gasteiger partial charge in [0.2, 0.25) is 0 Å². The number of fused-ring (bicyclic) bond motifs is 3. The second-order valence-electron chi connectivity index (χ2n) is 5.95. The molecule has 0 aliphatic heterocycles. The van der Waals surface area contributed by atoms with Gasteiger partial charge in [0.1, 0.15) is 22.7 Å². The topological polar surface area (TPSA) is 60.7 Å². The van der Waals surface area contributed by atoms with Crippen LogP contribution in [0.3, 0.4) is 0 Å². The van der Waals surface area contributed by atoms with Gasteiger partial charge in [-0.1, -0.05) is 18.2 Å². The SMILES string of the molecule is COc1ccc(Br)c(C(=O)Nc2cc3oc4ccccc4c3cc2OC)c1. The van der Waals surface area contributed by atoms with Crippen LogP contribution in [0.25, 0.3) is 21.9 Å². The third-order valence-electron chi connectivity index (χ3n) is 4.37. The Labute approximate surface area is 164 Å². The Morgan fingerprint density at radius 3 is 2.56 bits per heavy atom. The van der Waals surface area contributed by atoms with E-state index in [0.717, 1.165) is 16.4 Å². The molecule has 3 aromatic carbocycles. The van der Waals surface area contributed by atoms with E-state index in [1.807, 2.05) is 30.3 Å². The minimum Gasteiger partial charge on any atom is -0.497 e. The van der Waals surface area contributed by atoms with E-state index in [0.29, 0.717) is 32.8 Å². The molecule has 0 radical (unpaired) electrons. The van der Waals surface area contributed by atoms with Crippen molar-refractivity contribution in [1.29, 1.82) is 0 Å². The average Bonchev–Trinajstić information content (AvgIpc) is 3.05. The third kappa shape index (κ3) is 3.13. The molecule has 136 valence electrons. The van der Waals surface area contributed by atoms with Crippen LogP contribution < -0.4 is 14.8 Å². The number of benzene rings is 3. The summed E-state index contributed by atoms with van der Waals surface area (Å²) in [5.74, 6) is 0.874. The number of halogens is 1. The molecular formula is C21H16BrNO4. The fourth-order valence-corrected chi connectivity index (χ4v) is 3.44. The quantitative estimate of drug-likeness (QED) is 0.460. The predicted molar refractivity (Wildman–Crippen MR) is 109 cm³/mol. The van der Waals surface area contributed by atoms with Gasteiger partial charge in [0.25, 0.3) is 5.91 Å². The van der Waals surface area contributed by atoms with Crippen molar-refractivity contribution in [3.05, 3.63) is 64.6 Å². The molecule has 4 aromatic rings. The van der Waals surface area contributed by atoms with Crippen LogP contribution in [0.2, 0.25) is 0 Å². The van der Waals surface area contributed by atoms with E-state index in [2.05, 4.69) is 21.2 Å². The summed E-state index contributed by atoms with van der Waals surface area (Å²) in [7, 11) is 3.13. The summed E-state index contributed by atoms with van der Waals surface area (Å²) in [6.07, 6.45) is 0. The number of amides is 1. The molecule has 0 saturated heterocycles. The molecule has 27 heavy (non-hydrogen) atoms. The van der Waals surface area contributed by atoms with Crippen molar-refractivity contribution in [3.63, 3.8) is 0 Å². The van der Waals surface area contributed by atoms with Crippen LogP contribution in [0.4, 0.5) is 5.69 Å². The third-order valence-corrected chi connectivity index (χ3v) is 5.06. The maximum Gasteiger partial charge on any atom is 0.257 e. The lowest BCUT2D eigenvalue weighted by Crippen LogP contribution is -2.13. The molecule has 1 heterocycles. The Balaban J connectivity index is 1.77. The number of methoxy groups -OCH3 is 2. The predicted octanol–water partition coefficient (Wildman–Crippen LogP) is 5.62. The summed E-state index contributed by atoms with van der Waals surface area (Å²) in [5, 5.41) is 4.83.